The maximum Gasteiger partial charge on any atom is 0.306 e. The van der Waals surface area contributed by atoms with Crippen LogP contribution in [0.3, 0.4) is 0 Å². The van der Waals surface area contributed by atoms with Crippen LogP contribution in [0.1, 0.15) is 387 Å². The molecule has 0 aliphatic heterocycles. The van der Waals surface area contributed by atoms with Gasteiger partial charge in [-0.15, -0.1) is 0 Å². The fourth-order valence-corrected chi connectivity index (χ4v) is 10.6. The zero-order valence-electron chi connectivity index (χ0n) is 52.7. The first-order valence-corrected chi connectivity index (χ1v) is 35.0. The number of allylic oxidation sites excluding steroid dienone is 6. The molecule has 0 aromatic rings. The molecule has 0 radical (unpaired) electrons. The van der Waals surface area contributed by atoms with Crippen LogP contribution in [0.15, 0.2) is 36.5 Å². The molecule has 78 heavy (non-hydrogen) atoms. The lowest BCUT2D eigenvalue weighted by molar-refractivity contribution is -0.167. The summed E-state index contributed by atoms with van der Waals surface area (Å²) in [5, 5.41) is 0. The first-order valence-electron chi connectivity index (χ1n) is 35.0. The normalized spacial score (nSPS) is 12.2. The number of carbonyl (C=O) groups is 3. The van der Waals surface area contributed by atoms with Crippen molar-refractivity contribution in [2.24, 2.45) is 0 Å². The molecule has 0 spiro atoms. The van der Waals surface area contributed by atoms with E-state index >= 15 is 0 Å². The molecule has 0 rings (SSSR count). The van der Waals surface area contributed by atoms with Crippen molar-refractivity contribution in [3.63, 3.8) is 0 Å². The largest absolute Gasteiger partial charge is 0.462 e. The summed E-state index contributed by atoms with van der Waals surface area (Å²) in [7, 11) is 0. The Balaban J connectivity index is 4.18. The molecular weight excluding hydrogens is 961 g/mol. The summed E-state index contributed by atoms with van der Waals surface area (Å²) in [6.07, 6.45) is 83.2. The van der Waals surface area contributed by atoms with Crippen molar-refractivity contribution in [2.75, 3.05) is 13.2 Å². The van der Waals surface area contributed by atoms with Crippen LogP contribution >= 0.6 is 0 Å². The molecule has 458 valence electrons. The van der Waals surface area contributed by atoms with E-state index < -0.39 is 6.10 Å². The molecular formula is C72H134O6. The van der Waals surface area contributed by atoms with E-state index in [1.807, 2.05) is 0 Å². The molecule has 1 atom stereocenters. The average molecular weight is 1100 g/mol. The van der Waals surface area contributed by atoms with E-state index in [4.69, 9.17) is 14.2 Å². The molecule has 6 nitrogen and oxygen atoms in total. The summed E-state index contributed by atoms with van der Waals surface area (Å²) in [6, 6.07) is 0. The average Bonchev–Trinajstić information content (AvgIpc) is 3.44. The number of rotatable bonds is 65. The monoisotopic (exact) mass is 1100 g/mol. The molecule has 0 aliphatic rings. The Morgan fingerprint density at radius 1 is 0.256 bits per heavy atom. The molecule has 0 saturated carbocycles. The molecule has 0 saturated heterocycles. The Hall–Kier alpha value is -2.37. The number of esters is 3. The summed E-state index contributed by atoms with van der Waals surface area (Å²) in [4.78, 5) is 38.3. The minimum atomic E-state index is -0.769. The predicted molar refractivity (Wildman–Crippen MR) is 339 cm³/mol. The van der Waals surface area contributed by atoms with Gasteiger partial charge < -0.3 is 14.2 Å². The second kappa shape index (κ2) is 67.1. The molecule has 6 heteroatoms. The minimum Gasteiger partial charge on any atom is -0.462 e. The Labute approximate surface area is 486 Å². The van der Waals surface area contributed by atoms with Crippen LogP contribution in [0.2, 0.25) is 0 Å². The van der Waals surface area contributed by atoms with Gasteiger partial charge in [0.1, 0.15) is 13.2 Å². The molecule has 0 heterocycles. The predicted octanol–water partition coefficient (Wildman–Crippen LogP) is 23.9. The Bertz CT molecular complexity index is 1300. The second-order valence-corrected chi connectivity index (χ2v) is 23.8. The van der Waals surface area contributed by atoms with Crippen molar-refractivity contribution in [2.45, 2.75) is 393 Å². The van der Waals surface area contributed by atoms with Crippen molar-refractivity contribution in [3.8, 4) is 0 Å². The number of hydrogen-bond donors (Lipinski definition) is 0. The van der Waals surface area contributed by atoms with Crippen molar-refractivity contribution >= 4 is 17.9 Å². The van der Waals surface area contributed by atoms with Crippen LogP contribution in [0.25, 0.3) is 0 Å². The van der Waals surface area contributed by atoms with Gasteiger partial charge in [0.05, 0.1) is 0 Å². The van der Waals surface area contributed by atoms with Gasteiger partial charge in [-0.2, -0.15) is 0 Å². The van der Waals surface area contributed by atoms with E-state index in [9.17, 15) is 14.4 Å². The quantitative estimate of drug-likeness (QED) is 0.0261. The van der Waals surface area contributed by atoms with E-state index in [0.29, 0.717) is 19.3 Å². The van der Waals surface area contributed by atoms with Crippen molar-refractivity contribution in [1.82, 2.24) is 0 Å². The van der Waals surface area contributed by atoms with Gasteiger partial charge in [0.2, 0.25) is 0 Å². The lowest BCUT2D eigenvalue weighted by Gasteiger charge is -2.18. The summed E-state index contributed by atoms with van der Waals surface area (Å²) in [5.41, 5.74) is 0. The number of unbranched alkanes of at least 4 members (excludes halogenated alkanes) is 48. The summed E-state index contributed by atoms with van der Waals surface area (Å²) < 4.78 is 17.0. The van der Waals surface area contributed by atoms with E-state index in [1.54, 1.807) is 0 Å². The van der Waals surface area contributed by atoms with Gasteiger partial charge >= 0.3 is 17.9 Å². The highest BCUT2D eigenvalue weighted by Crippen LogP contribution is 2.18. The smallest absolute Gasteiger partial charge is 0.306 e. The van der Waals surface area contributed by atoms with E-state index in [1.165, 1.54) is 276 Å². The Morgan fingerprint density at radius 3 is 0.718 bits per heavy atom. The lowest BCUT2D eigenvalue weighted by atomic mass is 10.0. The maximum atomic E-state index is 12.9. The van der Waals surface area contributed by atoms with E-state index in [0.717, 1.165) is 70.6 Å². The third kappa shape index (κ3) is 64.5. The van der Waals surface area contributed by atoms with Crippen molar-refractivity contribution < 1.29 is 28.6 Å². The first kappa shape index (κ1) is 75.6. The zero-order chi connectivity index (χ0) is 56.4. The molecule has 0 bridgehead atoms. The van der Waals surface area contributed by atoms with Crippen molar-refractivity contribution in [3.05, 3.63) is 36.5 Å². The number of carbonyl (C=O) groups excluding carboxylic acids is 3. The van der Waals surface area contributed by atoms with Crippen LogP contribution < -0.4 is 0 Å². The molecule has 0 amide bonds. The third-order valence-electron chi connectivity index (χ3n) is 15.9. The van der Waals surface area contributed by atoms with Crippen LogP contribution in [0.4, 0.5) is 0 Å². The summed E-state index contributed by atoms with van der Waals surface area (Å²) >= 11 is 0. The van der Waals surface area contributed by atoms with Gasteiger partial charge in [0.25, 0.3) is 0 Å². The SMILES string of the molecule is CCCCCCC/C=C\C/C=C\C/C=C\CCCCCCCCCCCCCCC(=O)OCC(COC(=O)CCCCCCCCCCCCC)OC(=O)CCCCCCCCCCCCCCCCCCCCCCCC. The van der Waals surface area contributed by atoms with Crippen LogP contribution in [0.5, 0.6) is 0 Å². The van der Waals surface area contributed by atoms with Crippen LogP contribution in [-0.4, -0.2) is 37.2 Å². The summed E-state index contributed by atoms with van der Waals surface area (Å²) in [5.74, 6) is -0.840. The lowest BCUT2D eigenvalue weighted by Crippen LogP contribution is -2.30. The summed E-state index contributed by atoms with van der Waals surface area (Å²) in [6.45, 7) is 6.69. The molecule has 1 unspecified atom stereocenters. The molecule has 0 N–H and O–H groups in total. The zero-order valence-corrected chi connectivity index (χ0v) is 52.7. The highest BCUT2D eigenvalue weighted by Gasteiger charge is 2.19. The highest BCUT2D eigenvalue weighted by atomic mass is 16.6. The van der Waals surface area contributed by atoms with E-state index in [2.05, 4.69) is 57.2 Å². The van der Waals surface area contributed by atoms with Crippen LogP contribution in [-0.2, 0) is 28.6 Å². The van der Waals surface area contributed by atoms with Crippen molar-refractivity contribution in [1.29, 1.82) is 0 Å². The molecule has 0 aliphatic carbocycles. The second-order valence-electron chi connectivity index (χ2n) is 23.8. The van der Waals surface area contributed by atoms with Gasteiger partial charge in [-0.3, -0.25) is 14.4 Å². The Kier molecular flexibility index (Phi) is 65.1. The van der Waals surface area contributed by atoms with Gasteiger partial charge in [0.15, 0.2) is 6.10 Å². The molecule has 0 aromatic heterocycles. The minimum absolute atomic E-state index is 0.0663. The molecule has 0 fully saturated rings. The maximum absolute atomic E-state index is 12.9. The third-order valence-corrected chi connectivity index (χ3v) is 15.9. The first-order chi connectivity index (χ1) is 38.5. The standard InChI is InChI=1S/C72H134O6/c1-4-7-10-13-16-19-22-24-26-28-30-32-34-35-36-37-38-40-41-43-45-47-50-53-56-59-62-65-71(74)77-68-69(67-76-70(73)64-61-58-55-52-49-21-18-15-12-9-6-3)78-72(75)66-63-60-57-54-51-48-46-44-42-39-33-31-29-27-25-23-20-17-14-11-8-5-2/h22,24,28,30,34-35,69H,4-21,23,25-27,29,31-33,36-68H2,1-3H3/b24-22-,30-28-,35-34-. The molecule has 0 aromatic carbocycles. The van der Waals surface area contributed by atoms with Crippen LogP contribution in [0, 0.1) is 0 Å². The fraction of sp³-hybridized carbons (Fsp3) is 0.875. The number of ether oxygens (including phenoxy) is 3. The van der Waals surface area contributed by atoms with Gasteiger partial charge in [-0.1, -0.05) is 346 Å². The van der Waals surface area contributed by atoms with E-state index in [-0.39, 0.29) is 31.1 Å². The van der Waals surface area contributed by atoms with Gasteiger partial charge in [-0.25, -0.2) is 0 Å². The topological polar surface area (TPSA) is 78.9 Å². The van der Waals surface area contributed by atoms with Gasteiger partial charge in [0, 0.05) is 19.3 Å². The van der Waals surface area contributed by atoms with Gasteiger partial charge in [-0.05, 0) is 57.8 Å². The Morgan fingerprint density at radius 2 is 0.462 bits per heavy atom. The number of hydrogen-bond acceptors (Lipinski definition) is 6. The fourth-order valence-electron chi connectivity index (χ4n) is 10.6. The highest BCUT2D eigenvalue weighted by molar-refractivity contribution is 5.71.